The van der Waals surface area contributed by atoms with E-state index in [0.29, 0.717) is 0 Å². The molecule has 1 aliphatic heterocycles. The molecule has 5 N–H and O–H groups in total. The minimum Gasteiger partial charge on any atom is -0.394 e. The normalized spacial score (nSPS) is 31.8. The number of aliphatic hydroxyl groups is 4. The van der Waals surface area contributed by atoms with Crippen LogP contribution < -0.4 is 5.32 Å². The topological polar surface area (TPSA) is 145 Å². The van der Waals surface area contributed by atoms with Crippen LogP contribution in [0.1, 0.15) is 0 Å². The Bertz CT molecular complexity index is 556. The van der Waals surface area contributed by atoms with Crippen molar-refractivity contribution < 1.29 is 30.1 Å². The molecule has 22 heavy (non-hydrogen) atoms. The van der Waals surface area contributed by atoms with Gasteiger partial charge in [-0.3, -0.25) is 10.1 Å². The van der Waals surface area contributed by atoms with E-state index >= 15 is 0 Å². The van der Waals surface area contributed by atoms with Gasteiger partial charge in [-0.25, -0.2) is 0 Å². The molecule has 1 heterocycles. The molecule has 0 aliphatic carbocycles. The van der Waals surface area contributed by atoms with Gasteiger partial charge < -0.3 is 30.5 Å². The maximum atomic E-state index is 10.8. The Kier molecular flexibility index (Phi) is 5.16. The number of benzene rings is 1. The first kappa shape index (κ1) is 16.9. The van der Waals surface area contributed by atoms with E-state index in [0.717, 1.165) is 6.07 Å². The minimum atomic E-state index is -1.54. The third kappa shape index (κ3) is 3.29. The fourth-order valence-electron chi connectivity index (χ4n) is 2.13. The highest BCUT2D eigenvalue weighted by molar-refractivity contribution is 6.32. The van der Waals surface area contributed by atoms with Gasteiger partial charge in [0.05, 0.1) is 11.5 Å². The fourth-order valence-corrected chi connectivity index (χ4v) is 2.31. The van der Waals surface area contributed by atoms with E-state index in [9.17, 15) is 25.4 Å². The van der Waals surface area contributed by atoms with Crippen LogP contribution in [0.3, 0.4) is 0 Å². The first-order chi connectivity index (χ1) is 10.3. The third-order valence-electron chi connectivity index (χ3n) is 3.34. The number of nitrogens with one attached hydrogen (secondary N) is 1. The quantitative estimate of drug-likeness (QED) is 0.364. The van der Waals surface area contributed by atoms with E-state index in [-0.39, 0.29) is 16.4 Å². The lowest BCUT2D eigenvalue weighted by atomic mass is 9.98. The van der Waals surface area contributed by atoms with Crippen LogP contribution in [0.5, 0.6) is 0 Å². The molecule has 0 spiro atoms. The van der Waals surface area contributed by atoms with Crippen LogP contribution in [0.2, 0.25) is 5.02 Å². The summed E-state index contributed by atoms with van der Waals surface area (Å²) in [6, 6.07) is 3.87. The molecule has 10 heteroatoms. The molecule has 1 aromatic rings. The number of nitro benzene ring substituents is 1. The zero-order valence-electron chi connectivity index (χ0n) is 11.2. The maximum absolute atomic E-state index is 10.8. The molecule has 0 amide bonds. The van der Waals surface area contributed by atoms with Crippen LogP contribution in [-0.4, -0.2) is 62.6 Å². The molecule has 1 saturated heterocycles. The zero-order valence-corrected chi connectivity index (χ0v) is 11.9. The number of hydrogen-bond donors (Lipinski definition) is 5. The SMILES string of the molecule is O=[N+]([O-])c1cc(N[C@@H]2O[C@H](CO)[C@H](O)[C@@H](O)[C@@H]2O)ccc1Cl. The summed E-state index contributed by atoms with van der Waals surface area (Å²) in [6.45, 7) is -0.566. The predicted molar refractivity (Wildman–Crippen MR) is 75.5 cm³/mol. The molecule has 0 saturated carbocycles. The summed E-state index contributed by atoms with van der Waals surface area (Å²) < 4.78 is 5.24. The Morgan fingerprint density at radius 3 is 2.55 bits per heavy atom. The number of nitrogens with zero attached hydrogens (tertiary/aromatic N) is 1. The number of halogens is 1. The highest BCUT2D eigenvalue weighted by atomic mass is 35.5. The number of hydrogen-bond acceptors (Lipinski definition) is 8. The van der Waals surface area contributed by atoms with E-state index in [2.05, 4.69) is 5.32 Å². The lowest BCUT2D eigenvalue weighted by Crippen LogP contribution is -2.60. The largest absolute Gasteiger partial charge is 0.394 e. The van der Waals surface area contributed by atoms with Crippen LogP contribution in [0, 0.1) is 10.1 Å². The molecule has 0 radical (unpaired) electrons. The van der Waals surface area contributed by atoms with Crippen LogP contribution in [0.25, 0.3) is 0 Å². The van der Waals surface area contributed by atoms with Gasteiger partial charge in [0, 0.05) is 11.8 Å². The van der Waals surface area contributed by atoms with E-state index in [1.807, 2.05) is 0 Å². The summed E-state index contributed by atoms with van der Waals surface area (Å²) >= 11 is 5.69. The van der Waals surface area contributed by atoms with Gasteiger partial charge in [-0.1, -0.05) is 11.6 Å². The zero-order chi connectivity index (χ0) is 16.4. The Morgan fingerprint density at radius 1 is 1.27 bits per heavy atom. The highest BCUT2D eigenvalue weighted by Crippen LogP contribution is 2.29. The summed E-state index contributed by atoms with van der Waals surface area (Å²) in [5.74, 6) is 0. The Labute approximate surface area is 129 Å². The third-order valence-corrected chi connectivity index (χ3v) is 3.66. The Balaban J connectivity index is 2.19. The molecular formula is C12H15ClN2O7. The standard InChI is InChI=1S/C12H15ClN2O7/c13-6-2-1-5(3-7(6)15(20)21)14-12-11(19)10(18)9(17)8(4-16)22-12/h1-3,8-12,14,16-19H,4H2/t8-,9+,10-,11+,12-/m1/s1. The predicted octanol–water partition coefficient (Wildman–Crippen LogP) is -0.540. The van der Waals surface area contributed by atoms with Crippen LogP contribution in [-0.2, 0) is 4.74 Å². The maximum Gasteiger partial charge on any atom is 0.289 e. The summed E-state index contributed by atoms with van der Waals surface area (Å²) in [5, 5.41) is 51.7. The molecule has 1 fully saturated rings. The molecule has 0 aromatic heterocycles. The van der Waals surface area contributed by atoms with Crippen molar-refractivity contribution in [2.75, 3.05) is 11.9 Å². The van der Waals surface area contributed by atoms with Crippen molar-refractivity contribution in [2.24, 2.45) is 0 Å². The molecule has 1 aliphatic rings. The molecular weight excluding hydrogens is 320 g/mol. The van der Waals surface area contributed by atoms with Gasteiger partial charge in [-0.2, -0.15) is 0 Å². The van der Waals surface area contributed by atoms with Crippen LogP contribution >= 0.6 is 11.6 Å². The molecule has 1 aromatic carbocycles. The number of aliphatic hydroxyl groups excluding tert-OH is 4. The lowest BCUT2D eigenvalue weighted by molar-refractivity contribution is -0.384. The van der Waals surface area contributed by atoms with Crippen LogP contribution in [0.4, 0.5) is 11.4 Å². The van der Waals surface area contributed by atoms with Gasteiger partial charge in [0.15, 0.2) is 6.23 Å². The number of nitro groups is 1. The summed E-state index contributed by atoms with van der Waals surface area (Å²) in [6.07, 6.45) is -6.75. The molecule has 0 unspecified atom stereocenters. The number of rotatable bonds is 4. The molecule has 5 atom stereocenters. The van der Waals surface area contributed by atoms with Gasteiger partial charge in [0.2, 0.25) is 0 Å². The van der Waals surface area contributed by atoms with Crippen molar-refractivity contribution in [2.45, 2.75) is 30.6 Å². The van der Waals surface area contributed by atoms with Gasteiger partial charge in [-0.05, 0) is 12.1 Å². The van der Waals surface area contributed by atoms with Crippen molar-refractivity contribution >= 4 is 23.0 Å². The van der Waals surface area contributed by atoms with E-state index in [1.165, 1.54) is 12.1 Å². The van der Waals surface area contributed by atoms with Gasteiger partial charge in [0.1, 0.15) is 29.4 Å². The molecule has 122 valence electrons. The van der Waals surface area contributed by atoms with E-state index in [1.54, 1.807) is 0 Å². The van der Waals surface area contributed by atoms with E-state index < -0.39 is 42.2 Å². The van der Waals surface area contributed by atoms with Gasteiger partial charge in [-0.15, -0.1) is 0 Å². The summed E-state index contributed by atoms with van der Waals surface area (Å²) in [4.78, 5) is 10.2. The number of ether oxygens (including phenoxy) is 1. The Hall–Kier alpha value is -1.49. The second-order valence-corrected chi connectivity index (χ2v) is 5.22. The van der Waals surface area contributed by atoms with Crippen molar-refractivity contribution in [1.29, 1.82) is 0 Å². The molecule has 9 nitrogen and oxygen atoms in total. The van der Waals surface area contributed by atoms with Gasteiger partial charge in [0.25, 0.3) is 5.69 Å². The second kappa shape index (κ2) is 6.73. The Morgan fingerprint density at radius 2 is 1.95 bits per heavy atom. The first-order valence-corrected chi connectivity index (χ1v) is 6.74. The van der Waals surface area contributed by atoms with Crippen molar-refractivity contribution in [3.8, 4) is 0 Å². The average molecular weight is 335 g/mol. The van der Waals surface area contributed by atoms with Crippen LogP contribution in [0.15, 0.2) is 18.2 Å². The summed E-state index contributed by atoms with van der Waals surface area (Å²) in [7, 11) is 0. The highest BCUT2D eigenvalue weighted by Gasteiger charge is 2.43. The smallest absolute Gasteiger partial charge is 0.289 e. The minimum absolute atomic E-state index is 0.0515. The fraction of sp³-hybridized carbons (Fsp3) is 0.500. The average Bonchev–Trinajstić information content (AvgIpc) is 2.49. The van der Waals surface area contributed by atoms with Gasteiger partial charge >= 0.3 is 0 Å². The van der Waals surface area contributed by atoms with Crippen molar-refractivity contribution in [1.82, 2.24) is 0 Å². The molecule has 0 bridgehead atoms. The van der Waals surface area contributed by atoms with Crippen molar-refractivity contribution in [3.05, 3.63) is 33.3 Å². The summed E-state index contributed by atoms with van der Waals surface area (Å²) in [5.41, 5.74) is -0.114. The molecule has 2 rings (SSSR count). The first-order valence-electron chi connectivity index (χ1n) is 6.36. The van der Waals surface area contributed by atoms with E-state index in [4.69, 9.17) is 21.4 Å². The monoisotopic (exact) mass is 334 g/mol. The number of anilines is 1. The lowest BCUT2D eigenvalue weighted by Gasteiger charge is -2.40. The second-order valence-electron chi connectivity index (χ2n) is 4.82. The van der Waals surface area contributed by atoms with Crippen molar-refractivity contribution in [3.63, 3.8) is 0 Å².